The molecule has 12 nitrogen and oxygen atoms in total. The molecule has 0 aliphatic rings. The van der Waals surface area contributed by atoms with Crippen LogP contribution < -0.4 is 21.7 Å². The molecule has 1 aromatic rings. The molecule has 6 unspecified atom stereocenters. The molecule has 0 fully saturated rings. The summed E-state index contributed by atoms with van der Waals surface area (Å²) in [4.78, 5) is 49.1. The summed E-state index contributed by atoms with van der Waals surface area (Å²) in [6.07, 6.45) is -0.788. The first-order chi connectivity index (χ1) is 15.9. The third-order valence-corrected chi connectivity index (χ3v) is 5.38. The van der Waals surface area contributed by atoms with Crippen molar-refractivity contribution in [1.29, 1.82) is 0 Å². The van der Waals surface area contributed by atoms with E-state index in [0.717, 1.165) is 0 Å². The molecule has 0 aliphatic carbocycles. The van der Waals surface area contributed by atoms with Crippen molar-refractivity contribution in [2.24, 2.45) is 11.7 Å². The van der Waals surface area contributed by atoms with Crippen LogP contribution in [0, 0.1) is 5.92 Å². The maximum absolute atomic E-state index is 12.9. The Kier molecular flexibility index (Phi) is 11.4. The van der Waals surface area contributed by atoms with Gasteiger partial charge < -0.3 is 42.1 Å². The lowest BCUT2D eigenvalue weighted by molar-refractivity contribution is -0.143. The minimum Gasteiger partial charge on any atom is -0.508 e. The number of aliphatic carboxylic acids is 1. The molecule has 6 atom stereocenters. The van der Waals surface area contributed by atoms with Gasteiger partial charge in [0, 0.05) is 0 Å². The first-order valence-electron chi connectivity index (χ1n) is 10.9. The van der Waals surface area contributed by atoms with Gasteiger partial charge in [0.25, 0.3) is 0 Å². The maximum Gasteiger partial charge on any atom is 0.328 e. The number of carboxylic acid groups (broad SMARTS) is 1. The monoisotopic (exact) mass is 482 g/mol. The second-order valence-corrected chi connectivity index (χ2v) is 8.16. The average molecular weight is 483 g/mol. The quantitative estimate of drug-likeness (QED) is 0.159. The average Bonchev–Trinajstić information content (AvgIpc) is 2.79. The van der Waals surface area contributed by atoms with Crippen LogP contribution >= 0.6 is 0 Å². The predicted molar refractivity (Wildman–Crippen MR) is 121 cm³/mol. The van der Waals surface area contributed by atoms with Gasteiger partial charge in [-0.15, -0.1) is 0 Å². The van der Waals surface area contributed by atoms with Gasteiger partial charge in [-0.2, -0.15) is 0 Å². The summed E-state index contributed by atoms with van der Waals surface area (Å²) in [5.41, 5.74) is 6.59. The predicted octanol–water partition coefficient (Wildman–Crippen LogP) is -1.78. The Morgan fingerprint density at radius 2 is 1.47 bits per heavy atom. The Balaban J connectivity index is 2.91. The lowest BCUT2D eigenvalue weighted by Crippen LogP contribution is -2.61. The van der Waals surface area contributed by atoms with Crippen molar-refractivity contribution >= 4 is 23.7 Å². The molecule has 3 amide bonds. The molecule has 0 aliphatic heterocycles. The molecular formula is C22H34N4O8. The molecule has 0 saturated carbocycles. The molecule has 0 aromatic heterocycles. The number of phenolic OH excluding ortho intramolecular Hbond substituents is 1. The molecule has 190 valence electrons. The van der Waals surface area contributed by atoms with Gasteiger partial charge in [0.2, 0.25) is 17.7 Å². The first-order valence-corrected chi connectivity index (χ1v) is 10.9. The van der Waals surface area contributed by atoms with Gasteiger partial charge in [0.1, 0.15) is 23.9 Å². The summed E-state index contributed by atoms with van der Waals surface area (Å²) in [5.74, 6) is -4.23. The molecule has 0 saturated heterocycles. The number of carbonyl (C=O) groups excluding carboxylic acids is 3. The van der Waals surface area contributed by atoms with Crippen LogP contribution in [0.4, 0.5) is 0 Å². The summed E-state index contributed by atoms with van der Waals surface area (Å²) >= 11 is 0. The first kappa shape index (κ1) is 28.8. The van der Waals surface area contributed by atoms with Crippen molar-refractivity contribution < 1.29 is 39.6 Å². The Morgan fingerprint density at radius 3 is 1.94 bits per heavy atom. The van der Waals surface area contributed by atoms with E-state index in [4.69, 9.17) is 15.9 Å². The molecule has 9 N–H and O–H groups in total. The number of nitrogens with one attached hydrogen (secondary N) is 3. The molecular weight excluding hydrogens is 448 g/mol. The van der Waals surface area contributed by atoms with Crippen LogP contribution in [0.1, 0.15) is 32.8 Å². The van der Waals surface area contributed by atoms with Crippen LogP contribution in [0.5, 0.6) is 5.75 Å². The summed E-state index contributed by atoms with van der Waals surface area (Å²) in [5, 5.41) is 44.6. The van der Waals surface area contributed by atoms with Crippen molar-refractivity contribution in [2.75, 3.05) is 6.61 Å². The molecule has 12 heteroatoms. The second-order valence-electron chi connectivity index (χ2n) is 8.16. The van der Waals surface area contributed by atoms with E-state index < -0.39 is 66.5 Å². The third-order valence-electron chi connectivity index (χ3n) is 5.38. The molecule has 0 radical (unpaired) electrons. The number of aliphatic hydroxyl groups is 2. The Morgan fingerprint density at radius 1 is 0.941 bits per heavy atom. The van der Waals surface area contributed by atoms with E-state index in [2.05, 4.69) is 16.0 Å². The summed E-state index contributed by atoms with van der Waals surface area (Å²) in [6.45, 7) is 3.85. The number of benzene rings is 1. The van der Waals surface area contributed by atoms with Crippen LogP contribution in [0.15, 0.2) is 24.3 Å². The van der Waals surface area contributed by atoms with Crippen molar-refractivity contribution in [2.45, 2.75) is 63.9 Å². The number of aromatic hydroxyl groups is 1. The highest BCUT2D eigenvalue weighted by Gasteiger charge is 2.34. The van der Waals surface area contributed by atoms with Crippen LogP contribution in [0.25, 0.3) is 0 Å². The Labute approximate surface area is 197 Å². The zero-order valence-corrected chi connectivity index (χ0v) is 19.4. The number of hydrogen-bond acceptors (Lipinski definition) is 8. The summed E-state index contributed by atoms with van der Waals surface area (Å²) < 4.78 is 0. The largest absolute Gasteiger partial charge is 0.508 e. The number of carboxylic acids is 1. The topological polar surface area (TPSA) is 211 Å². The van der Waals surface area contributed by atoms with Gasteiger partial charge in [-0.05, 0) is 37.0 Å². The van der Waals surface area contributed by atoms with Gasteiger partial charge >= 0.3 is 5.97 Å². The van der Waals surface area contributed by atoms with E-state index in [0.29, 0.717) is 12.0 Å². The standard InChI is InChI=1S/C22H34N4O8/c1-4-11(2)17(20(31)24-16(10-27)22(33)34)25-21(32)18(12(3)28)26-19(30)15(23)9-13-5-7-14(29)8-6-13/h5-8,11-12,15-18,27-29H,4,9-10,23H2,1-3H3,(H,24,31)(H,25,32)(H,26,30)(H,33,34). The van der Waals surface area contributed by atoms with E-state index in [-0.39, 0.29) is 12.2 Å². The molecule has 0 spiro atoms. The maximum atomic E-state index is 12.9. The molecule has 34 heavy (non-hydrogen) atoms. The highest BCUT2D eigenvalue weighted by Crippen LogP contribution is 2.12. The van der Waals surface area contributed by atoms with E-state index in [1.54, 1.807) is 26.0 Å². The van der Waals surface area contributed by atoms with E-state index in [1.165, 1.54) is 19.1 Å². The lowest BCUT2D eigenvalue weighted by Gasteiger charge is -2.28. The van der Waals surface area contributed by atoms with Gasteiger partial charge in [-0.3, -0.25) is 14.4 Å². The smallest absolute Gasteiger partial charge is 0.328 e. The third kappa shape index (κ3) is 8.61. The lowest BCUT2D eigenvalue weighted by atomic mass is 9.97. The zero-order valence-electron chi connectivity index (χ0n) is 19.4. The minimum atomic E-state index is -1.55. The Bertz CT molecular complexity index is 846. The van der Waals surface area contributed by atoms with Crippen LogP contribution in [0.3, 0.4) is 0 Å². The normalized spacial score (nSPS) is 16.3. The number of hydrogen-bond donors (Lipinski definition) is 8. The van der Waals surface area contributed by atoms with Crippen LogP contribution in [0.2, 0.25) is 0 Å². The van der Waals surface area contributed by atoms with Gasteiger partial charge in [0.15, 0.2) is 0 Å². The Hall–Kier alpha value is -3.22. The van der Waals surface area contributed by atoms with E-state index in [9.17, 15) is 29.4 Å². The molecule has 1 aromatic carbocycles. The van der Waals surface area contributed by atoms with Crippen molar-refractivity contribution in [3.63, 3.8) is 0 Å². The molecule has 0 bridgehead atoms. The van der Waals surface area contributed by atoms with Crippen molar-refractivity contribution in [1.82, 2.24) is 16.0 Å². The van der Waals surface area contributed by atoms with Gasteiger partial charge in [-0.1, -0.05) is 32.4 Å². The summed E-state index contributed by atoms with van der Waals surface area (Å²) in [6, 6.07) is 0.825. The van der Waals surface area contributed by atoms with Gasteiger partial charge in [0.05, 0.1) is 18.8 Å². The number of amides is 3. The van der Waals surface area contributed by atoms with E-state index >= 15 is 0 Å². The fourth-order valence-corrected chi connectivity index (χ4v) is 3.04. The number of phenols is 1. The van der Waals surface area contributed by atoms with Crippen LogP contribution in [-0.4, -0.2) is 81.0 Å². The van der Waals surface area contributed by atoms with Crippen molar-refractivity contribution in [3.8, 4) is 5.75 Å². The summed E-state index contributed by atoms with van der Waals surface area (Å²) in [7, 11) is 0. The van der Waals surface area contributed by atoms with Crippen LogP contribution in [-0.2, 0) is 25.6 Å². The fraction of sp³-hybridized carbons (Fsp3) is 0.545. The van der Waals surface area contributed by atoms with Gasteiger partial charge in [-0.25, -0.2) is 4.79 Å². The zero-order chi connectivity index (χ0) is 26.0. The minimum absolute atomic E-state index is 0.0566. The SMILES string of the molecule is CCC(C)C(NC(=O)C(NC(=O)C(N)Cc1ccc(O)cc1)C(C)O)C(=O)NC(CO)C(=O)O. The van der Waals surface area contributed by atoms with E-state index in [1.807, 2.05) is 0 Å². The number of nitrogens with two attached hydrogens (primary N) is 1. The fourth-order valence-electron chi connectivity index (χ4n) is 3.04. The highest BCUT2D eigenvalue weighted by atomic mass is 16.4. The number of aliphatic hydroxyl groups excluding tert-OH is 2. The second kappa shape index (κ2) is 13.5. The number of carbonyl (C=O) groups is 4. The van der Waals surface area contributed by atoms with Crippen molar-refractivity contribution in [3.05, 3.63) is 29.8 Å². The number of rotatable bonds is 13. The molecule has 1 rings (SSSR count). The highest BCUT2D eigenvalue weighted by molar-refractivity contribution is 5.94. The molecule has 0 heterocycles.